The summed E-state index contributed by atoms with van der Waals surface area (Å²) in [4.78, 5) is 12.5. The van der Waals surface area contributed by atoms with Gasteiger partial charge in [-0.25, -0.2) is 4.39 Å². The van der Waals surface area contributed by atoms with Crippen molar-refractivity contribution in [2.45, 2.75) is 19.4 Å². The molecule has 0 unspecified atom stereocenters. The fourth-order valence-electron chi connectivity index (χ4n) is 3.44. The maximum Gasteiger partial charge on any atom is 0.260 e. The summed E-state index contributed by atoms with van der Waals surface area (Å²) in [5, 5.41) is 3.18. The van der Waals surface area contributed by atoms with E-state index in [4.69, 9.17) is 21.1 Å². The van der Waals surface area contributed by atoms with Crippen molar-refractivity contribution in [1.82, 2.24) is 0 Å². The van der Waals surface area contributed by atoms with Gasteiger partial charge in [-0.1, -0.05) is 17.7 Å². The van der Waals surface area contributed by atoms with Crippen molar-refractivity contribution < 1.29 is 18.7 Å². The molecule has 0 radical (unpaired) electrons. The van der Waals surface area contributed by atoms with Gasteiger partial charge in [0.15, 0.2) is 0 Å². The van der Waals surface area contributed by atoms with Crippen LogP contribution in [0.4, 0.5) is 10.1 Å². The van der Waals surface area contributed by atoms with Crippen molar-refractivity contribution in [2.24, 2.45) is 0 Å². The molecule has 0 fully saturated rings. The van der Waals surface area contributed by atoms with Crippen LogP contribution in [0.2, 0.25) is 5.02 Å². The van der Waals surface area contributed by atoms with Gasteiger partial charge in [0.1, 0.15) is 22.9 Å². The summed E-state index contributed by atoms with van der Waals surface area (Å²) in [5.74, 6) is 0.316. The SMILES string of the molecule is COc1ccc(C2=CC(=C3C(=O)Nc4cc(F)ccc43)OC2(C)C)cc1Cl. The van der Waals surface area contributed by atoms with Gasteiger partial charge in [0.05, 0.1) is 23.4 Å². The van der Waals surface area contributed by atoms with Gasteiger partial charge < -0.3 is 14.8 Å². The number of hydrogen-bond acceptors (Lipinski definition) is 3. The van der Waals surface area contributed by atoms with E-state index in [1.807, 2.05) is 32.1 Å². The van der Waals surface area contributed by atoms with Gasteiger partial charge in [-0.3, -0.25) is 4.79 Å². The largest absolute Gasteiger partial charge is 0.495 e. The molecular formula is C21H17ClFNO3. The highest BCUT2D eigenvalue weighted by Gasteiger charge is 2.38. The molecule has 4 rings (SSSR count). The molecule has 0 aliphatic carbocycles. The third kappa shape index (κ3) is 2.88. The second-order valence-corrected chi connectivity index (χ2v) is 7.31. The summed E-state index contributed by atoms with van der Waals surface area (Å²) in [5.41, 5.74) is 2.56. The number of benzene rings is 2. The van der Waals surface area contributed by atoms with Gasteiger partial charge in [0.2, 0.25) is 0 Å². The number of hydrogen-bond donors (Lipinski definition) is 1. The van der Waals surface area contributed by atoms with Crippen LogP contribution in [0.1, 0.15) is 25.0 Å². The molecule has 0 atom stereocenters. The monoisotopic (exact) mass is 385 g/mol. The van der Waals surface area contributed by atoms with E-state index in [1.54, 1.807) is 19.2 Å². The van der Waals surface area contributed by atoms with Crippen molar-refractivity contribution in [3.05, 3.63) is 70.2 Å². The van der Waals surface area contributed by atoms with Crippen molar-refractivity contribution in [3.63, 3.8) is 0 Å². The Bertz CT molecular complexity index is 1040. The summed E-state index contributed by atoms with van der Waals surface area (Å²) >= 11 is 6.26. The summed E-state index contributed by atoms with van der Waals surface area (Å²) < 4.78 is 24.8. The zero-order chi connectivity index (χ0) is 19.3. The topological polar surface area (TPSA) is 47.6 Å². The van der Waals surface area contributed by atoms with Crippen LogP contribution in [0.25, 0.3) is 11.1 Å². The molecule has 0 spiro atoms. The van der Waals surface area contributed by atoms with E-state index >= 15 is 0 Å². The number of amides is 1. The molecule has 1 N–H and O–H groups in total. The van der Waals surface area contributed by atoms with Crippen LogP contribution in [0.3, 0.4) is 0 Å². The Labute approximate surface area is 161 Å². The van der Waals surface area contributed by atoms with Crippen molar-refractivity contribution in [2.75, 3.05) is 12.4 Å². The molecule has 1 amide bonds. The maximum atomic E-state index is 13.5. The molecule has 0 saturated heterocycles. The number of anilines is 1. The number of allylic oxidation sites excluding steroid dienone is 1. The number of carbonyl (C=O) groups is 1. The summed E-state index contributed by atoms with van der Waals surface area (Å²) in [6.45, 7) is 3.84. The number of ether oxygens (including phenoxy) is 2. The second kappa shape index (κ2) is 6.13. The van der Waals surface area contributed by atoms with E-state index in [2.05, 4.69) is 5.32 Å². The van der Waals surface area contributed by atoms with Crippen LogP contribution in [-0.4, -0.2) is 18.6 Å². The second-order valence-electron chi connectivity index (χ2n) is 6.90. The van der Waals surface area contributed by atoms with E-state index in [0.717, 1.165) is 11.1 Å². The highest BCUT2D eigenvalue weighted by molar-refractivity contribution is 6.33. The van der Waals surface area contributed by atoms with Gasteiger partial charge in [-0.2, -0.15) is 0 Å². The number of carbonyl (C=O) groups excluding carboxylic acids is 1. The predicted octanol–water partition coefficient (Wildman–Crippen LogP) is 5.04. The van der Waals surface area contributed by atoms with Crippen LogP contribution in [0.5, 0.6) is 5.75 Å². The zero-order valence-corrected chi connectivity index (χ0v) is 15.8. The van der Waals surface area contributed by atoms with Crippen LogP contribution >= 0.6 is 11.6 Å². The standard InChI is InChI=1S/C21H17ClFNO3/c1-21(2)14(11-4-7-17(26-3)15(22)8-11)10-18(27-21)19-13-6-5-12(23)9-16(13)24-20(19)25/h4-10H,1-3H3,(H,24,25). The minimum Gasteiger partial charge on any atom is -0.495 e. The van der Waals surface area contributed by atoms with E-state index in [0.29, 0.717) is 33.4 Å². The average molecular weight is 386 g/mol. The maximum absolute atomic E-state index is 13.5. The lowest BCUT2D eigenvalue weighted by Crippen LogP contribution is -2.21. The van der Waals surface area contributed by atoms with Gasteiger partial charge in [0, 0.05) is 11.1 Å². The predicted molar refractivity (Wildman–Crippen MR) is 103 cm³/mol. The van der Waals surface area contributed by atoms with E-state index < -0.39 is 11.4 Å². The number of methoxy groups -OCH3 is 1. The molecule has 6 heteroatoms. The Morgan fingerprint density at radius 3 is 2.67 bits per heavy atom. The Kier molecular flexibility index (Phi) is 4.00. The molecular weight excluding hydrogens is 369 g/mol. The van der Waals surface area contributed by atoms with Crippen LogP contribution < -0.4 is 10.1 Å². The van der Waals surface area contributed by atoms with Gasteiger partial charge in [-0.15, -0.1) is 0 Å². The number of halogens is 2. The molecule has 2 aliphatic heterocycles. The molecule has 2 aliphatic rings. The van der Waals surface area contributed by atoms with Gasteiger partial charge >= 0.3 is 0 Å². The van der Waals surface area contributed by atoms with Crippen molar-refractivity contribution in [3.8, 4) is 5.75 Å². The quantitative estimate of drug-likeness (QED) is 0.736. The molecule has 0 saturated carbocycles. The fourth-order valence-corrected chi connectivity index (χ4v) is 3.70. The molecule has 2 aromatic carbocycles. The molecule has 2 aromatic rings. The Hall–Kier alpha value is -2.79. The smallest absolute Gasteiger partial charge is 0.260 e. The minimum atomic E-state index is -0.663. The van der Waals surface area contributed by atoms with Gasteiger partial charge in [-0.05, 0) is 55.8 Å². The van der Waals surface area contributed by atoms with E-state index in [1.165, 1.54) is 12.1 Å². The molecule has 0 aromatic heterocycles. The first-order valence-electron chi connectivity index (χ1n) is 8.41. The van der Waals surface area contributed by atoms with Crippen molar-refractivity contribution >= 4 is 34.3 Å². The Morgan fingerprint density at radius 2 is 1.96 bits per heavy atom. The molecule has 138 valence electrons. The van der Waals surface area contributed by atoms with Crippen molar-refractivity contribution in [1.29, 1.82) is 0 Å². The first-order chi connectivity index (χ1) is 12.8. The minimum absolute atomic E-state index is 0.313. The highest BCUT2D eigenvalue weighted by Crippen LogP contribution is 2.45. The number of nitrogens with one attached hydrogen (secondary N) is 1. The van der Waals surface area contributed by atoms with Crippen LogP contribution in [0, 0.1) is 5.82 Å². The fraction of sp³-hybridized carbons (Fsp3) is 0.190. The first-order valence-corrected chi connectivity index (χ1v) is 8.78. The molecule has 27 heavy (non-hydrogen) atoms. The molecule has 2 heterocycles. The summed E-state index contributed by atoms with van der Waals surface area (Å²) in [6.07, 6.45) is 1.84. The number of fused-ring (bicyclic) bond motifs is 1. The lowest BCUT2D eigenvalue weighted by molar-refractivity contribution is -0.111. The summed E-state index contributed by atoms with van der Waals surface area (Å²) in [7, 11) is 1.56. The molecule has 4 nitrogen and oxygen atoms in total. The van der Waals surface area contributed by atoms with E-state index in [9.17, 15) is 9.18 Å². The van der Waals surface area contributed by atoms with E-state index in [-0.39, 0.29) is 5.91 Å². The number of rotatable bonds is 2. The third-order valence-corrected chi connectivity index (χ3v) is 5.02. The normalized spacial score (nSPS) is 20.0. The highest BCUT2D eigenvalue weighted by atomic mass is 35.5. The lowest BCUT2D eigenvalue weighted by atomic mass is 9.92. The van der Waals surface area contributed by atoms with Gasteiger partial charge in [0.25, 0.3) is 5.91 Å². The molecule has 0 bridgehead atoms. The first kappa shape index (κ1) is 17.6. The Morgan fingerprint density at radius 1 is 1.19 bits per heavy atom. The third-order valence-electron chi connectivity index (χ3n) is 4.72. The van der Waals surface area contributed by atoms with Crippen LogP contribution in [0.15, 0.2) is 48.2 Å². The summed E-state index contributed by atoms with van der Waals surface area (Å²) in [6, 6.07) is 9.70. The Balaban J connectivity index is 1.84. The zero-order valence-electron chi connectivity index (χ0n) is 15.0. The lowest BCUT2D eigenvalue weighted by Gasteiger charge is -2.23. The average Bonchev–Trinajstić information content (AvgIpc) is 3.09. The van der Waals surface area contributed by atoms with Crippen LogP contribution in [-0.2, 0) is 9.53 Å².